The highest BCUT2D eigenvalue weighted by Crippen LogP contribution is 2.67. The lowest BCUT2D eigenvalue weighted by molar-refractivity contribution is -0.343. The van der Waals surface area contributed by atoms with Crippen molar-refractivity contribution in [2.24, 2.45) is 21.7 Å². The minimum Gasteiger partial charge on any atom is -0.393 e. The average Bonchev–Trinajstić information content (AvgIpc) is 3.21. The monoisotopic (exact) mass is 647 g/mol. The zero-order valence-electron chi connectivity index (χ0n) is 26.6. The predicted molar refractivity (Wildman–Crippen MR) is 161 cm³/mol. The van der Waals surface area contributed by atoms with Crippen LogP contribution in [0.15, 0.2) is 40.4 Å². The summed E-state index contributed by atoms with van der Waals surface area (Å²) in [5, 5.41) is 40.5. The van der Waals surface area contributed by atoms with Crippen LogP contribution in [0.5, 0.6) is 0 Å². The fraction of sp³-hybridized carbons (Fsp3) is 0.735. The molecule has 11 heteroatoms. The van der Waals surface area contributed by atoms with Gasteiger partial charge in [0.2, 0.25) is 0 Å². The van der Waals surface area contributed by atoms with Crippen LogP contribution in [0.3, 0.4) is 0 Å². The average molecular weight is 648 g/mol. The maximum absolute atomic E-state index is 13.4. The standard InChI is InChI=1S/C34H47F6NO4/c1-22-24(20-25(42)21-27(22)43)12-11-23-10-7-17-30(5)26(23)13-19-31(30,41-6)29(4,15-8-14-28(2,3)44)16-9-18-32(45,33(35,36)37)34(38,39)40/h11-12,25-27,42-45H,1,6-8,10,13-17,19-21H2,2-5H3/b23-11+,24-12-/t25-,26?,27+,29+,30+,31+/m1/s1. The summed E-state index contributed by atoms with van der Waals surface area (Å²) in [5.74, 6) is 3.21. The van der Waals surface area contributed by atoms with Crippen molar-refractivity contribution in [1.29, 1.82) is 0 Å². The van der Waals surface area contributed by atoms with E-state index in [4.69, 9.17) is 0 Å². The molecule has 254 valence electrons. The van der Waals surface area contributed by atoms with Crippen molar-refractivity contribution in [2.75, 3.05) is 0 Å². The van der Waals surface area contributed by atoms with Gasteiger partial charge in [0.25, 0.3) is 0 Å². The first kappa shape index (κ1) is 37.3. The number of nitrogens with zero attached hydrogens (tertiary/aromatic N) is 1. The Morgan fingerprint density at radius 1 is 1.00 bits per heavy atom. The number of rotatable bonds is 8. The van der Waals surface area contributed by atoms with Crippen molar-refractivity contribution in [3.8, 4) is 11.8 Å². The molecular weight excluding hydrogens is 600 g/mol. The van der Waals surface area contributed by atoms with Gasteiger partial charge in [-0.15, -0.1) is 0 Å². The molecule has 5 nitrogen and oxygen atoms in total. The number of aliphatic hydroxyl groups excluding tert-OH is 2. The van der Waals surface area contributed by atoms with E-state index in [0.717, 1.165) is 29.9 Å². The molecule has 0 amide bonds. The molecule has 45 heavy (non-hydrogen) atoms. The quantitative estimate of drug-likeness (QED) is 0.128. The normalized spacial score (nSPS) is 33.0. The summed E-state index contributed by atoms with van der Waals surface area (Å²) in [5.41, 5.74) is -6.42. The largest absolute Gasteiger partial charge is 0.438 e. The van der Waals surface area contributed by atoms with Gasteiger partial charge in [0.1, 0.15) is 0 Å². The molecule has 3 aliphatic carbocycles. The summed E-state index contributed by atoms with van der Waals surface area (Å²) in [7, 11) is 0. The molecule has 0 aromatic rings. The second-order valence-corrected chi connectivity index (χ2v) is 14.4. The molecule has 0 aromatic carbocycles. The summed E-state index contributed by atoms with van der Waals surface area (Å²) in [6.07, 6.45) is -5.21. The van der Waals surface area contributed by atoms with Crippen LogP contribution in [-0.4, -0.2) is 68.4 Å². The van der Waals surface area contributed by atoms with E-state index in [2.05, 4.69) is 31.1 Å². The summed E-state index contributed by atoms with van der Waals surface area (Å²) in [4.78, 5) is 4.68. The van der Waals surface area contributed by atoms with Crippen LogP contribution in [0.2, 0.25) is 0 Å². The van der Waals surface area contributed by atoms with Crippen molar-refractivity contribution in [3.63, 3.8) is 0 Å². The Labute approximate surface area is 262 Å². The Balaban J connectivity index is 2.07. The molecule has 0 aromatic heterocycles. The first-order valence-corrected chi connectivity index (χ1v) is 15.5. The third-order valence-electron chi connectivity index (χ3n) is 10.7. The van der Waals surface area contributed by atoms with E-state index in [9.17, 15) is 46.8 Å². The second kappa shape index (κ2) is 12.8. The van der Waals surface area contributed by atoms with Gasteiger partial charge >= 0.3 is 18.0 Å². The summed E-state index contributed by atoms with van der Waals surface area (Å²) in [6.45, 7) is 15.0. The Morgan fingerprint density at radius 2 is 1.62 bits per heavy atom. The molecule has 0 heterocycles. The lowest BCUT2D eigenvalue weighted by Crippen LogP contribution is -2.56. The van der Waals surface area contributed by atoms with Gasteiger partial charge in [-0.2, -0.15) is 26.3 Å². The molecule has 3 rings (SSSR count). The molecule has 0 spiro atoms. The number of aliphatic hydroxyl groups is 4. The maximum atomic E-state index is 13.4. The van der Waals surface area contributed by atoms with Crippen molar-refractivity contribution in [3.05, 3.63) is 35.5 Å². The van der Waals surface area contributed by atoms with Crippen LogP contribution in [0.4, 0.5) is 26.3 Å². The summed E-state index contributed by atoms with van der Waals surface area (Å²) >= 11 is 0. The van der Waals surface area contributed by atoms with E-state index >= 15 is 0 Å². The van der Waals surface area contributed by atoms with E-state index in [-0.39, 0.29) is 12.3 Å². The molecule has 0 saturated heterocycles. The fourth-order valence-electron chi connectivity index (χ4n) is 8.18. The molecule has 3 fully saturated rings. The Hall–Kier alpha value is -2.13. The molecule has 0 bridgehead atoms. The van der Waals surface area contributed by atoms with Gasteiger partial charge in [-0.05, 0) is 107 Å². The highest BCUT2D eigenvalue weighted by Gasteiger charge is 2.70. The summed E-state index contributed by atoms with van der Waals surface area (Å²) in [6, 6.07) is 0. The Bertz CT molecular complexity index is 1240. The fourth-order valence-corrected chi connectivity index (χ4v) is 8.18. The van der Waals surface area contributed by atoms with E-state index in [1.54, 1.807) is 20.8 Å². The first-order valence-electron chi connectivity index (χ1n) is 15.5. The molecule has 4 N–H and O–H groups in total. The second-order valence-electron chi connectivity index (χ2n) is 14.4. The zero-order valence-corrected chi connectivity index (χ0v) is 26.6. The van der Waals surface area contributed by atoms with E-state index in [0.29, 0.717) is 50.5 Å². The highest BCUT2D eigenvalue weighted by atomic mass is 19.4. The maximum Gasteiger partial charge on any atom is 0.438 e. The van der Waals surface area contributed by atoms with E-state index in [1.165, 1.54) is 0 Å². The van der Waals surface area contributed by atoms with Crippen molar-refractivity contribution in [1.82, 2.24) is 0 Å². The molecule has 1 unspecified atom stereocenters. The van der Waals surface area contributed by atoms with Crippen LogP contribution in [-0.2, 0) is 0 Å². The zero-order chi connectivity index (χ0) is 34.3. The van der Waals surface area contributed by atoms with Gasteiger partial charge in [-0.1, -0.05) is 44.1 Å². The number of hydrogen-bond donors (Lipinski definition) is 4. The number of halogens is 6. The molecule has 6 atom stereocenters. The van der Waals surface area contributed by atoms with Crippen LogP contribution < -0.4 is 0 Å². The third-order valence-corrected chi connectivity index (χ3v) is 10.7. The van der Waals surface area contributed by atoms with Gasteiger partial charge in [0.05, 0.1) is 23.3 Å². The smallest absolute Gasteiger partial charge is 0.393 e. The molecule has 0 radical (unpaired) electrons. The SMILES string of the molecule is C=N[C@]1([C@](C)(CC#CC(O)(C(F)(F)F)C(F)(F)F)CCCC(C)(C)O)CCC2/C(=C/C=C3/C[C@@H](O)C[C@H](O)C3=C)CCC[C@@]21C. The van der Waals surface area contributed by atoms with Gasteiger partial charge < -0.3 is 20.4 Å². The lowest BCUT2D eigenvalue weighted by Gasteiger charge is -2.56. The van der Waals surface area contributed by atoms with Crippen LogP contribution in [0, 0.1) is 28.6 Å². The topological polar surface area (TPSA) is 93.3 Å². The summed E-state index contributed by atoms with van der Waals surface area (Å²) < 4.78 is 80.5. The van der Waals surface area contributed by atoms with Crippen molar-refractivity contribution in [2.45, 2.75) is 140 Å². The van der Waals surface area contributed by atoms with Gasteiger partial charge in [-0.25, -0.2) is 0 Å². The van der Waals surface area contributed by atoms with Gasteiger partial charge in [0, 0.05) is 18.3 Å². The van der Waals surface area contributed by atoms with Crippen LogP contribution in [0.1, 0.15) is 98.3 Å². The van der Waals surface area contributed by atoms with Gasteiger partial charge in [-0.3, -0.25) is 4.99 Å². The number of allylic oxidation sites excluding steroid dienone is 3. The minimum atomic E-state index is -6.05. The van der Waals surface area contributed by atoms with Crippen molar-refractivity contribution >= 4 is 6.72 Å². The molecule has 3 aliphatic rings. The molecular formula is C34H47F6NO4. The van der Waals surface area contributed by atoms with Crippen molar-refractivity contribution < 1.29 is 46.8 Å². The van der Waals surface area contributed by atoms with E-state index < -0.39 is 58.6 Å². The number of hydrogen-bond acceptors (Lipinski definition) is 5. The molecule has 0 aliphatic heterocycles. The Kier molecular flexibility index (Phi) is 10.6. The first-order chi connectivity index (χ1) is 20.5. The number of aliphatic imine (C=N–C) groups is 1. The predicted octanol–water partition coefficient (Wildman–Crippen LogP) is 7.15. The number of alkyl halides is 6. The van der Waals surface area contributed by atoms with Crippen LogP contribution in [0.25, 0.3) is 0 Å². The Morgan fingerprint density at radius 3 is 2.18 bits per heavy atom. The molecule has 3 saturated carbocycles. The lowest BCUT2D eigenvalue weighted by atomic mass is 9.51. The number of fused-ring (bicyclic) bond motifs is 1. The van der Waals surface area contributed by atoms with E-state index in [1.807, 2.05) is 12.2 Å². The third kappa shape index (κ3) is 7.09. The van der Waals surface area contributed by atoms with Crippen LogP contribution >= 0.6 is 0 Å². The highest BCUT2D eigenvalue weighted by molar-refractivity contribution is 5.40. The minimum absolute atomic E-state index is 0.0239. The van der Waals surface area contributed by atoms with Gasteiger partial charge in [0.15, 0.2) is 0 Å².